The van der Waals surface area contributed by atoms with Gasteiger partial charge in [-0.3, -0.25) is 0 Å². The lowest BCUT2D eigenvalue weighted by molar-refractivity contribution is 0.251. The number of para-hydroxylation sites is 1. The maximum Gasteiger partial charge on any atom is 0.319 e. The predicted octanol–water partition coefficient (Wildman–Crippen LogP) is 3.73. The van der Waals surface area contributed by atoms with E-state index in [1.807, 2.05) is 35.7 Å². The van der Waals surface area contributed by atoms with E-state index in [1.54, 1.807) is 11.3 Å². The summed E-state index contributed by atoms with van der Waals surface area (Å²) in [6.45, 7) is 0.474. The molecule has 1 aromatic heterocycles. The highest BCUT2D eigenvalue weighted by molar-refractivity contribution is 7.09. The number of hydrogen-bond acceptors (Lipinski definition) is 3. The first-order chi connectivity index (χ1) is 9.81. The van der Waals surface area contributed by atoms with Gasteiger partial charge in [-0.15, -0.1) is 11.3 Å². The summed E-state index contributed by atoms with van der Waals surface area (Å²) >= 11 is 1.71. The van der Waals surface area contributed by atoms with Crippen LogP contribution in [-0.4, -0.2) is 11.0 Å². The van der Waals surface area contributed by atoms with Gasteiger partial charge in [0.1, 0.15) is 0 Å². The van der Waals surface area contributed by atoms with Crippen molar-refractivity contribution in [2.24, 2.45) is 0 Å². The second kappa shape index (κ2) is 6.05. The molecule has 0 unspecified atom stereocenters. The van der Waals surface area contributed by atoms with Crippen LogP contribution in [0, 0.1) is 0 Å². The lowest BCUT2D eigenvalue weighted by Gasteiger charge is -2.22. The fourth-order valence-electron chi connectivity index (χ4n) is 2.11. The molecular formula is C15H17N3OS. The molecule has 1 fully saturated rings. The Morgan fingerprint density at radius 1 is 1.30 bits per heavy atom. The number of thiazole rings is 1. The molecule has 0 spiro atoms. The normalized spacial score (nSPS) is 14.6. The van der Waals surface area contributed by atoms with Crippen molar-refractivity contribution >= 4 is 23.1 Å². The van der Waals surface area contributed by atoms with Crippen molar-refractivity contribution in [1.82, 2.24) is 10.3 Å². The maximum atomic E-state index is 11.7. The molecule has 3 rings (SSSR count). The number of urea groups is 1. The highest BCUT2D eigenvalue weighted by Gasteiger charge is 2.22. The SMILES string of the molecule is O=C(NCc1csc(C2CCC2)n1)Nc1ccccc1. The van der Waals surface area contributed by atoms with Crippen molar-refractivity contribution < 1.29 is 4.79 Å². The Labute approximate surface area is 122 Å². The van der Waals surface area contributed by atoms with E-state index >= 15 is 0 Å². The topological polar surface area (TPSA) is 54.0 Å². The van der Waals surface area contributed by atoms with Gasteiger partial charge in [0.15, 0.2) is 0 Å². The number of nitrogens with zero attached hydrogens (tertiary/aromatic N) is 1. The molecule has 4 nitrogen and oxygen atoms in total. The number of hydrogen-bond donors (Lipinski definition) is 2. The van der Waals surface area contributed by atoms with Gasteiger partial charge < -0.3 is 10.6 Å². The van der Waals surface area contributed by atoms with E-state index in [0.717, 1.165) is 11.4 Å². The van der Waals surface area contributed by atoms with E-state index in [-0.39, 0.29) is 6.03 Å². The molecule has 5 heteroatoms. The quantitative estimate of drug-likeness (QED) is 0.900. The number of anilines is 1. The van der Waals surface area contributed by atoms with Crippen molar-refractivity contribution in [2.45, 2.75) is 31.7 Å². The number of nitrogens with one attached hydrogen (secondary N) is 2. The maximum absolute atomic E-state index is 11.7. The van der Waals surface area contributed by atoms with Gasteiger partial charge in [0.25, 0.3) is 0 Å². The van der Waals surface area contributed by atoms with E-state index in [9.17, 15) is 4.79 Å². The Hall–Kier alpha value is -1.88. The van der Waals surface area contributed by atoms with E-state index < -0.39 is 0 Å². The molecule has 0 saturated heterocycles. The first-order valence-electron chi connectivity index (χ1n) is 6.85. The third-order valence-electron chi connectivity index (χ3n) is 3.49. The van der Waals surface area contributed by atoms with Gasteiger partial charge in [0.05, 0.1) is 17.2 Å². The molecule has 2 aromatic rings. The minimum atomic E-state index is -0.200. The zero-order valence-electron chi connectivity index (χ0n) is 11.1. The second-order valence-electron chi connectivity index (χ2n) is 4.98. The van der Waals surface area contributed by atoms with Gasteiger partial charge in [-0.25, -0.2) is 9.78 Å². The van der Waals surface area contributed by atoms with Crippen molar-refractivity contribution in [1.29, 1.82) is 0 Å². The molecule has 20 heavy (non-hydrogen) atoms. The average molecular weight is 287 g/mol. The van der Waals surface area contributed by atoms with Crippen LogP contribution < -0.4 is 10.6 Å². The van der Waals surface area contributed by atoms with Crippen LogP contribution in [0.5, 0.6) is 0 Å². The third-order valence-corrected chi connectivity index (χ3v) is 4.54. The number of carbonyl (C=O) groups is 1. The summed E-state index contributed by atoms with van der Waals surface area (Å²) in [5.74, 6) is 0.659. The lowest BCUT2D eigenvalue weighted by Crippen LogP contribution is -2.28. The van der Waals surface area contributed by atoms with Crippen LogP contribution in [0.1, 0.15) is 35.9 Å². The molecule has 0 aliphatic heterocycles. The Bertz CT molecular complexity index is 578. The van der Waals surface area contributed by atoms with Crippen LogP contribution in [0.4, 0.5) is 10.5 Å². The second-order valence-corrected chi connectivity index (χ2v) is 5.87. The number of aromatic nitrogens is 1. The molecule has 1 saturated carbocycles. The van der Waals surface area contributed by atoms with Gasteiger partial charge in [0, 0.05) is 17.0 Å². The molecule has 1 aromatic carbocycles. The average Bonchev–Trinajstić information content (AvgIpc) is 2.84. The summed E-state index contributed by atoms with van der Waals surface area (Å²) in [6.07, 6.45) is 3.83. The van der Waals surface area contributed by atoms with Gasteiger partial charge in [-0.05, 0) is 25.0 Å². The van der Waals surface area contributed by atoms with Crippen LogP contribution >= 0.6 is 11.3 Å². The first-order valence-corrected chi connectivity index (χ1v) is 7.73. The van der Waals surface area contributed by atoms with Gasteiger partial charge in [-0.2, -0.15) is 0 Å². The van der Waals surface area contributed by atoms with Gasteiger partial charge >= 0.3 is 6.03 Å². The number of benzene rings is 1. The van der Waals surface area contributed by atoms with Crippen LogP contribution in [-0.2, 0) is 6.54 Å². The molecule has 104 valence electrons. The molecule has 0 atom stereocenters. The van der Waals surface area contributed by atoms with Gasteiger partial charge in [0.2, 0.25) is 0 Å². The van der Waals surface area contributed by atoms with E-state index in [4.69, 9.17) is 0 Å². The Balaban J connectivity index is 1.49. The van der Waals surface area contributed by atoms with Gasteiger partial charge in [-0.1, -0.05) is 24.6 Å². The van der Waals surface area contributed by atoms with Crippen molar-refractivity contribution in [2.75, 3.05) is 5.32 Å². The molecular weight excluding hydrogens is 270 g/mol. The molecule has 1 aliphatic carbocycles. The summed E-state index contributed by atoms with van der Waals surface area (Å²) in [4.78, 5) is 16.3. The summed E-state index contributed by atoms with van der Waals surface area (Å²) < 4.78 is 0. The van der Waals surface area contributed by atoms with Crippen molar-refractivity contribution in [3.8, 4) is 0 Å². The van der Waals surface area contributed by atoms with E-state index in [0.29, 0.717) is 12.5 Å². The van der Waals surface area contributed by atoms with E-state index in [2.05, 4.69) is 15.6 Å². The van der Waals surface area contributed by atoms with Crippen LogP contribution in [0.25, 0.3) is 0 Å². The molecule has 1 aliphatic rings. The molecule has 2 amide bonds. The Morgan fingerprint density at radius 3 is 2.80 bits per heavy atom. The number of carbonyl (C=O) groups excluding carboxylic acids is 1. The summed E-state index contributed by atoms with van der Waals surface area (Å²) in [5.41, 5.74) is 1.73. The monoisotopic (exact) mass is 287 g/mol. The predicted molar refractivity (Wildman–Crippen MR) is 81.0 cm³/mol. The van der Waals surface area contributed by atoms with Crippen molar-refractivity contribution in [3.05, 3.63) is 46.4 Å². The molecule has 2 N–H and O–H groups in total. The van der Waals surface area contributed by atoms with Crippen molar-refractivity contribution in [3.63, 3.8) is 0 Å². The van der Waals surface area contributed by atoms with E-state index in [1.165, 1.54) is 24.3 Å². The lowest BCUT2D eigenvalue weighted by atomic mass is 9.86. The number of amides is 2. The first kappa shape index (κ1) is 13.1. The Kier molecular flexibility index (Phi) is 3.97. The highest BCUT2D eigenvalue weighted by atomic mass is 32.1. The molecule has 1 heterocycles. The van der Waals surface area contributed by atoms with Crippen LogP contribution in [0.3, 0.4) is 0 Å². The molecule has 0 bridgehead atoms. The Morgan fingerprint density at radius 2 is 2.10 bits per heavy atom. The van der Waals surface area contributed by atoms with Crippen LogP contribution in [0.15, 0.2) is 35.7 Å². The zero-order chi connectivity index (χ0) is 13.8. The zero-order valence-corrected chi connectivity index (χ0v) is 12.0. The highest BCUT2D eigenvalue weighted by Crippen LogP contribution is 2.37. The summed E-state index contributed by atoms with van der Waals surface area (Å²) in [6, 6.07) is 9.21. The smallest absolute Gasteiger partial charge is 0.319 e. The fourth-order valence-corrected chi connectivity index (χ4v) is 3.11. The minimum Gasteiger partial charge on any atom is -0.332 e. The standard InChI is InChI=1S/C15H17N3OS/c19-15(18-12-7-2-1-3-8-12)16-9-13-10-20-14(17-13)11-5-4-6-11/h1-3,7-8,10-11H,4-6,9H2,(H2,16,18,19). The minimum absolute atomic E-state index is 0.200. The number of rotatable bonds is 4. The largest absolute Gasteiger partial charge is 0.332 e. The van der Waals surface area contributed by atoms with Crippen LogP contribution in [0.2, 0.25) is 0 Å². The molecule has 0 radical (unpaired) electrons. The summed E-state index contributed by atoms with van der Waals surface area (Å²) in [5, 5.41) is 8.88. The fraction of sp³-hybridized carbons (Fsp3) is 0.333. The third kappa shape index (κ3) is 3.17. The summed E-state index contributed by atoms with van der Waals surface area (Å²) in [7, 11) is 0.